The molecule has 3 N–H and O–H groups in total. The van der Waals surface area contributed by atoms with Crippen LogP contribution < -0.4 is 15.2 Å². The minimum absolute atomic E-state index is 0.0540. The van der Waals surface area contributed by atoms with E-state index >= 15 is 0 Å². The van der Waals surface area contributed by atoms with Gasteiger partial charge >= 0.3 is 0 Å². The average Bonchev–Trinajstić information content (AvgIpc) is 2.29. The zero-order valence-electron chi connectivity index (χ0n) is 12.3. The predicted octanol–water partition coefficient (Wildman–Crippen LogP) is 2.00. The van der Waals surface area contributed by atoms with Gasteiger partial charge in [-0.05, 0) is 36.1 Å². The van der Waals surface area contributed by atoms with Crippen molar-refractivity contribution in [1.82, 2.24) is 4.72 Å². The summed E-state index contributed by atoms with van der Waals surface area (Å²) in [5.41, 5.74) is 6.31. The van der Waals surface area contributed by atoms with Crippen LogP contribution in [0.15, 0.2) is 24.3 Å². The Kier molecular flexibility index (Phi) is 5.83. The van der Waals surface area contributed by atoms with Crippen molar-refractivity contribution in [3.05, 3.63) is 24.3 Å². The van der Waals surface area contributed by atoms with Gasteiger partial charge in [0.25, 0.3) is 0 Å². The third-order valence-electron chi connectivity index (χ3n) is 2.70. The maximum absolute atomic E-state index is 11.7. The van der Waals surface area contributed by atoms with Crippen LogP contribution in [0.5, 0.6) is 5.75 Å². The summed E-state index contributed by atoms with van der Waals surface area (Å²) in [6.07, 6.45) is 0.797. The highest BCUT2D eigenvalue weighted by atomic mass is 32.2. The predicted molar refractivity (Wildman–Crippen MR) is 82.2 cm³/mol. The highest BCUT2D eigenvalue weighted by Crippen LogP contribution is 2.17. The molecule has 0 unspecified atom stereocenters. The van der Waals surface area contributed by atoms with Crippen LogP contribution >= 0.6 is 0 Å². The molecule has 114 valence electrons. The summed E-state index contributed by atoms with van der Waals surface area (Å²) in [6.45, 7) is 6.80. The Morgan fingerprint density at radius 1 is 1.20 bits per heavy atom. The molecule has 0 bridgehead atoms. The van der Waals surface area contributed by atoms with Crippen molar-refractivity contribution in [3.8, 4) is 5.75 Å². The van der Waals surface area contributed by atoms with Gasteiger partial charge in [0.05, 0.1) is 5.75 Å². The monoisotopic (exact) mass is 300 g/mol. The molecule has 0 saturated carbocycles. The Balaban J connectivity index is 2.31. The molecule has 5 nitrogen and oxygen atoms in total. The van der Waals surface area contributed by atoms with Gasteiger partial charge in [-0.15, -0.1) is 0 Å². The standard InChI is InChI=1S/C14H24N2O3S/c1-14(2,3)8-9-16-20(17,18)11-10-19-13-6-4-12(15)5-7-13/h4-7,16H,8-11,15H2,1-3H3. The van der Waals surface area contributed by atoms with E-state index in [9.17, 15) is 8.42 Å². The van der Waals surface area contributed by atoms with Gasteiger partial charge in [0.15, 0.2) is 0 Å². The molecule has 0 saturated heterocycles. The van der Waals surface area contributed by atoms with Crippen molar-refractivity contribution in [1.29, 1.82) is 0 Å². The number of nitrogens with one attached hydrogen (secondary N) is 1. The fourth-order valence-corrected chi connectivity index (χ4v) is 2.35. The molecule has 0 spiro atoms. The first-order valence-electron chi connectivity index (χ1n) is 6.64. The molecule has 1 rings (SSSR count). The van der Waals surface area contributed by atoms with Gasteiger partial charge in [-0.1, -0.05) is 20.8 Å². The van der Waals surface area contributed by atoms with Crippen molar-refractivity contribution in [2.45, 2.75) is 27.2 Å². The van der Waals surface area contributed by atoms with Gasteiger partial charge in [0.2, 0.25) is 10.0 Å². The topological polar surface area (TPSA) is 81.4 Å². The first-order valence-corrected chi connectivity index (χ1v) is 8.29. The van der Waals surface area contributed by atoms with Crippen LogP contribution in [-0.2, 0) is 10.0 Å². The number of nitrogen functional groups attached to an aromatic ring is 1. The average molecular weight is 300 g/mol. The molecular weight excluding hydrogens is 276 g/mol. The zero-order valence-corrected chi connectivity index (χ0v) is 13.2. The van der Waals surface area contributed by atoms with Gasteiger partial charge < -0.3 is 10.5 Å². The van der Waals surface area contributed by atoms with Crippen molar-refractivity contribution < 1.29 is 13.2 Å². The van der Waals surface area contributed by atoms with E-state index in [2.05, 4.69) is 25.5 Å². The highest BCUT2D eigenvalue weighted by Gasteiger charge is 2.14. The molecule has 6 heteroatoms. The second-order valence-corrected chi connectivity index (χ2v) is 7.87. The van der Waals surface area contributed by atoms with Crippen LogP contribution in [0.2, 0.25) is 0 Å². The molecule has 0 aliphatic heterocycles. The second-order valence-electron chi connectivity index (χ2n) is 5.94. The van der Waals surface area contributed by atoms with Crippen LogP contribution in [0, 0.1) is 5.41 Å². The Hall–Kier alpha value is -1.27. The molecule has 0 radical (unpaired) electrons. The molecule has 1 aromatic carbocycles. The molecule has 1 aromatic rings. The van der Waals surface area contributed by atoms with Crippen LogP contribution in [0.25, 0.3) is 0 Å². The first-order chi connectivity index (χ1) is 9.18. The molecule has 0 aromatic heterocycles. The minimum atomic E-state index is -3.28. The fraction of sp³-hybridized carbons (Fsp3) is 0.571. The maximum Gasteiger partial charge on any atom is 0.214 e. The third kappa shape index (κ3) is 7.35. The molecule has 0 aliphatic carbocycles. The number of sulfonamides is 1. The number of anilines is 1. The quantitative estimate of drug-likeness (QED) is 0.755. The number of hydrogen-bond donors (Lipinski definition) is 2. The lowest BCUT2D eigenvalue weighted by molar-refractivity contribution is 0.339. The molecule has 0 amide bonds. The minimum Gasteiger partial charge on any atom is -0.492 e. The fourth-order valence-electron chi connectivity index (χ4n) is 1.49. The Morgan fingerprint density at radius 3 is 2.35 bits per heavy atom. The highest BCUT2D eigenvalue weighted by molar-refractivity contribution is 7.89. The van der Waals surface area contributed by atoms with E-state index in [-0.39, 0.29) is 17.8 Å². The smallest absolute Gasteiger partial charge is 0.214 e. The molecule has 0 atom stereocenters. The Bertz CT molecular complexity index is 504. The van der Waals surface area contributed by atoms with E-state index in [1.54, 1.807) is 24.3 Å². The summed E-state index contributed by atoms with van der Waals surface area (Å²) in [4.78, 5) is 0. The van der Waals surface area contributed by atoms with Crippen LogP contribution in [0.3, 0.4) is 0 Å². The van der Waals surface area contributed by atoms with Crippen molar-refractivity contribution in [2.24, 2.45) is 5.41 Å². The largest absolute Gasteiger partial charge is 0.492 e. The Labute approximate surface area is 121 Å². The van der Waals surface area contributed by atoms with E-state index in [4.69, 9.17) is 10.5 Å². The number of rotatable bonds is 7. The van der Waals surface area contributed by atoms with E-state index in [0.717, 1.165) is 6.42 Å². The van der Waals surface area contributed by atoms with Crippen LogP contribution in [0.1, 0.15) is 27.2 Å². The maximum atomic E-state index is 11.7. The second kappa shape index (κ2) is 6.95. The molecule has 0 heterocycles. The van der Waals surface area contributed by atoms with Crippen molar-refractivity contribution in [2.75, 3.05) is 24.6 Å². The molecule has 20 heavy (non-hydrogen) atoms. The Morgan fingerprint density at radius 2 is 1.80 bits per heavy atom. The lowest BCUT2D eigenvalue weighted by Crippen LogP contribution is -2.31. The lowest BCUT2D eigenvalue weighted by Gasteiger charge is -2.18. The number of ether oxygens (including phenoxy) is 1. The number of nitrogens with two attached hydrogens (primary N) is 1. The first kappa shape index (κ1) is 16.8. The number of benzene rings is 1. The van der Waals surface area contributed by atoms with E-state index in [1.165, 1.54) is 0 Å². The van der Waals surface area contributed by atoms with Crippen LogP contribution in [0.4, 0.5) is 5.69 Å². The van der Waals surface area contributed by atoms with Gasteiger partial charge in [-0.3, -0.25) is 0 Å². The summed E-state index contributed by atoms with van der Waals surface area (Å²) in [6, 6.07) is 6.86. The third-order valence-corrected chi connectivity index (χ3v) is 4.05. The number of hydrogen-bond acceptors (Lipinski definition) is 4. The van der Waals surface area contributed by atoms with E-state index in [0.29, 0.717) is 18.0 Å². The van der Waals surface area contributed by atoms with E-state index in [1.807, 2.05) is 0 Å². The molecule has 0 fully saturated rings. The molecule has 0 aliphatic rings. The SMILES string of the molecule is CC(C)(C)CCNS(=O)(=O)CCOc1ccc(N)cc1. The summed E-state index contributed by atoms with van der Waals surface area (Å²) < 4.78 is 31.5. The van der Waals surface area contributed by atoms with Crippen molar-refractivity contribution in [3.63, 3.8) is 0 Å². The summed E-state index contributed by atoms with van der Waals surface area (Å²) in [5, 5.41) is 0. The summed E-state index contributed by atoms with van der Waals surface area (Å²) in [7, 11) is -3.28. The molecular formula is C14H24N2O3S. The van der Waals surface area contributed by atoms with Crippen LogP contribution in [-0.4, -0.2) is 27.3 Å². The lowest BCUT2D eigenvalue weighted by atomic mass is 9.93. The summed E-state index contributed by atoms with van der Waals surface area (Å²) >= 11 is 0. The summed E-state index contributed by atoms with van der Waals surface area (Å²) in [5.74, 6) is 0.561. The van der Waals surface area contributed by atoms with E-state index < -0.39 is 10.0 Å². The van der Waals surface area contributed by atoms with Gasteiger partial charge in [0, 0.05) is 12.2 Å². The van der Waals surface area contributed by atoms with Gasteiger partial charge in [-0.2, -0.15) is 0 Å². The van der Waals surface area contributed by atoms with Crippen molar-refractivity contribution >= 4 is 15.7 Å². The normalized spacial score (nSPS) is 12.3. The zero-order chi connectivity index (χ0) is 15.2. The van der Waals surface area contributed by atoms with Gasteiger partial charge in [-0.25, -0.2) is 13.1 Å². The van der Waals surface area contributed by atoms with Gasteiger partial charge in [0.1, 0.15) is 12.4 Å².